The van der Waals surface area contributed by atoms with E-state index in [9.17, 15) is 9.59 Å². The molecule has 0 aliphatic rings. The summed E-state index contributed by atoms with van der Waals surface area (Å²) in [6, 6.07) is 1.55. The van der Waals surface area contributed by atoms with Gasteiger partial charge in [0.05, 0.1) is 11.9 Å². The first-order chi connectivity index (χ1) is 8.08. The van der Waals surface area contributed by atoms with Crippen LogP contribution in [0.2, 0.25) is 0 Å². The molecule has 0 radical (unpaired) electrons. The van der Waals surface area contributed by atoms with Gasteiger partial charge in [0.1, 0.15) is 10.6 Å². The highest BCUT2D eigenvalue weighted by molar-refractivity contribution is 7.07. The largest absolute Gasteiger partial charge is 0.477 e. The fraction of sp³-hybridized carbons (Fsp3) is 0.111. The molecular weight excluding hydrogens is 244 g/mol. The minimum absolute atomic E-state index is 0.0478. The van der Waals surface area contributed by atoms with Gasteiger partial charge in [-0.2, -0.15) is 0 Å². The predicted octanol–water partition coefficient (Wildman–Crippen LogP) is 1.13. The molecule has 0 fully saturated rings. The number of rotatable bonds is 3. The molecule has 0 saturated carbocycles. The topological polar surface area (TPSA) is 108 Å². The molecule has 8 heteroatoms. The third kappa shape index (κ3) is 2.31. The van der Waals surface area contributed by atoms with E-state index < -0.39 is 11.9 Å². The number of aromatic amines is 1. The lowest BCUT2D eigenvalue weighted by Crippen LogP contribution is -2.12. The lowest BCUT2D eigenvalue weighted by Gasteiger charge is -2.01. The van der Waals surface area contributed by atoms with Crippen molar-refractivity contribution in [1.29, 1.82) is 0 Å². The van der Waals surface area contributed by atoms with Crippen molar-refractivity contribution < 1.29 is 14.7 Å². The van der Waals surface area contributed by atoms with E-state index in [4.69, 9.17) is 5.11 Å². The second-order valence-corrected chi connectivity index (χ2v) is 4.07. The molecule has 2 aromatic rings. The quantitative estimate of drug-likeness (QED) is 0.758. The molecule has 2 aromatic heterocycles. The summed E-state index contributed by atoms with van der Waals surface area (Å²) in [5.74, 6) is -1.56. The summed E-state index contributed by atoms with van der Waals surface area (Å²) < 4.78 is 3.55. The number of aromatic carboxylic acids is 1. The zero-order valence-corrected chi connectivity index (χ0v) is 9.54. The number of H-pyrrole nitrogens is 1. The molecule has 0 aromatic carbocycles. The van der Waals surface area contributed by atoms with Crippen LogP contribution in [0.25, 0.3) is 0 Å². The van der Waals surface area contributed by atoms with Crippen LogP contribution in [0.1, 0.15) is 25.9 Å². The predicted molar refractivity (Wildman–Crippen MR) is 60.4 cm³/mol. The van der Waals surface area contributed by atoms with Crippen molar-refractivity contribution in [1.82, 2.24) is 14.6 Å². The molecule has 2 rings (SSSR count). The van der Waals surface area contributed by atoms with E-state index in [0.717, 1.165) is 11.5 Å². The van der Waals surface area contributed by atoms with Crippen molar-refractivity contribution in [3.63, 3.8) is 0 Å². The van der Waals surface area contributed by atoms with Crippen molar-refractivity contribution in [3.8, 4) is 0 Å². The molecule has 0 spiro atoms. The summed E-state index contributed by atoms with van der Waals surface area (Å²) >= 11 is 0.941. The number of carboxylic acids is 1. The minimum atomic E-state index is -1.13. The van der Waals surface area contributed by atoms with Crippen molar-refractivity contribution in [2.45, 2.75) is 6.92 Å². The first-order valence-electron chi connectivity index (χ1n) is 4.59. The van der Waals surface area contributed by atoms with E-state index in [2.05, 4.69) is 19.9 Å². The third-order valence-corrected chi connectivity index (χ3v) is 2.66. The molecule has 0 aliphatic heterocycles. The molecular formula is C9H8N4O3S. The van der Waals surface area contributed by atoms with Crippen LogP contribution < -0.4 is 5.32 Å². The van der Waals surface area contributed by atoms with E-state index in [0.29, 0.717) is 10.6 Å². The van der Waals surface area contributed by atoms with Crippen molar-refractivity contribution in [3.05, 3.63) is 28.5 Å². The summed E-state index contributed by atoms with van der Waals surface area (Å²) in [6.45, 7) is 1.70. The van der Waals surface area contributed by atoms with Crippen LogP contribution in [-0.4, -0.2) is 31.6 Å². The van der Waals surface area contributed by atoms with E-state index >= 15 is 0 Å². The molecule has 0 aliphatic carbocycles. The fourth-order valence-corrected chi connectivity index (χ4v) is 1.72. The van der Waals surface area contributed by atoms with Gasteiger partial charge in [-0.25, -0.2) is 4.79 Å². The summed E-state index contributed by atoms with van der Waals surface area (Å²) in [4.78, 5) is 25.5. The van der Waals surface area contributed by atoms with Crippen molar-refractivity contribution in [2.75, 3.05) is 5.32 Å². The first-order valence-corrected chi connectivity index (χ1v) is 5.37. The summed E-state index contributed by atoms with van der Waals surface area (Å²) in [5.41, 5.74) is 0.835. The van der Waals surface area contributed by atoms with E-state index in [1.165, 1.54) is 6.20 Å². The monoisotopic (exact) mass is 252 g/mol. The highest BCUT2D eigenvalue weighted by atomic mass is 32.1. The van der Waals surface area contributed by atoms with Gasteiger partial charge in [0.15, 0.2) is 0 Å². The average molecular weight is 252 g/mol. The van der Waals surface area contributed by atoms with Gasteiger partial charge in [-0.15, -0.1) is 5.10 Å². The Balaban J connectivity index is 2.24. The molecule has 88 valence electrons. The number of carbonyl (C=O) groups is 2. The number of amides is 1. The summed E-state index contributed by atoms with van der Waals surface area (Å²) in [7, 11) is 0. The molecule has 7 nitrogen and oxygen atoms in total. The van der Waals surface area contributed by atoms with Crippen LogP contribution in [0.3, 0.4) is 0 Å². The smallest absolute Gasteiger partial charge is 0.354 e. The van der Waals surface area contributed by atoms with Gasteiger partial charge in [-0.3, -0.25) is 4.79 Å². The zero-order valence-electron chi connectivity index (χ0n) is 8.72. The maximum absolute atomic E-state index is 11.7. The number of carboxylic acid groups (broad SMARTS) is 1. The van der Waals surface area contributed by atoms with Gasteiger partial charge in [-0.05, 0) is 24.5 Å². The van der Waals surface area contributed by atoms with Crippen LogP contribution >= 0.6 is 11.5 Å². The fourth-order valence-electron chi connectivity index (χ4n) is 1.31. The Hall–Kier alpha value is -2.22. The van der Waals surface area contributed by atoms with Gasteiger partial charge in [0.2, 0.25) is 0 Å². The van der Waals surface area contributed by atoms with Gasteiger partial charge in [-0.1, -0.05) is 4.49 Å². The first kappa shape index (κ1) is 11.3. The van der Waals surface area contributed by atoms with E-state index in [1.807, 2.05) is 0 Å². The Labute approximate surface area is 99.6 Å². The summed E-state index contributed by atoms with van der Waals surface area (Å²) in [6.07, 6.45) is 1.32. The number of anilines is 1. The van der Waals surface area contributed by atoms with E-state index in [-0.39, 0.29) is 11.4 Å². The van der Waals surface area contributed by atoms with Crippen LogP contribution in [-0.2, 0) is 0 Å². The second kappa shape index (κ2) is 4.34. The minimum Gasteiger partial charge on any atom is -0.477 e. The molecule has 3 N–H and O–H groups in total. The SMILES string of the molecule is Cc1cc(NC(=O)c2cnns2)c(C(=O)O)[nH]1. The number of carbonyl (C=O) groups excluding carboxylic acids is 1. The number of hydrogen-bond acceptors (Lipinski definition) is 5. The zero-order chi connectivity index (χ0) is 12.4. The molecule has 2 heterocycles. The highest BCUT2D eigenvalue weighted by Crippen LogP contribution is 2.18. The number of aryl methyl sites for hydroxylation is 1. The lowest BCUT2D eigenvalue weighted by atomic mass is 10.3. The van der Waals surface area contributed by atoms with Crippen molar-refractivity contribution >= 4 is 29.1 Å². The Morgan fingerprint density at radius 1 is 1.53 bits per heavy atom. The standard InChI is InChI=1S/C9H8N4O3S/c1-4-2-5(7(11-4)9(15)16)12-8(14)6-3-10-13-17-6/h2-3,11H,1H3,(H,12,14)(H,15,16). The molecule has 17 heavy (non-hydrogen) atoms. The van der Waals surface area contributed by atoms with Gasteiger partial charge < -0.3 is 15.4 Å². The lowest BCUT2D eigenvalue weighted by molar-refractivity contribution is 0.0692. The third-order valence-electron chi connectivity index (χ3n) is 2.00. The Morgan fingerprint density at radius 3 is 2.88 bits per heavy atom. The van der Waals surface area contributed by atoms with Crippen LogP contribution in [0.15, 0.2) is 12.3 Å². The maximum Gasteiger partial charge on any atom is 0.354 e. The Bertz CT molecular complexity index is 561. The normalized spacial score (nSPS) is 10.2. The molecule has 1 amide bonds. The molecule has 0 saturated heterocycles. The Kier molecular flexibility index (Phi) is 2.88. The average Bonchev–Trinajstić information content (AvgIpc) is 2.86. The van der Waals surface area contributed by atoms with E-state index in [1.54, 1.807) is 13.0 Å². The second-order valence-electron chi connectivity index (χ2n) is 3.28. The maximum atomic E-state index is 11.7. The molecule has 0 atom stereocenters. The number of hydrogen-bond donors (Lipinski definition) is 3. The van der Waals surface area contributed by atoms with Gasteiger partial charge >= 0.3 is 5.97 Å². The van der Waals surface area contributed by atoms with Gasteiger partial charge in [0.25, 0.3) is 5.91 Å². The molecule has 0 unspecified atom stereocenters. The summed E-state index contributed by atoms with van der Waals surface area (Å²) in [5, 5.41) is 14.9. The van der Waals surface area contributed by atoms with Crippen LogP contribution in [0, 0.1) is 6.92 Å². The number of nitrogens with one attached hydrogen (secondary N) is 2. The highest BCUT2D eigenvalue weighted by Gasteiger charge is 2.17. The number of aromatic nitrogens is 3. The number of nitrogens with zero attached hydrogens (tertiary/aromatic N) is 2. The van der Waals surface area contributed by atoms with Crippen molar-refractivity contribution in [2.24, 2.45) is 0 Å². The van der Waals surface area contributed by atoms with Crippen LogP contribution in [0.5, 0.6) is 0 Å². The van der Waals surface area contributed by atoms with Gasteiger partial charge in [0, 0.05) is 5.69 Å². The molecule has 0 bridgehead atoms. The van der Waals surface area contributed by atoms with Crippen LogP contribution in [0.4, 0.5) is 5.69 Å². The Morgan fingerprint density at radius 2 is 2.29 bits per heavy atom.